The number of amides is 2. The SMILES string of the molecule is O=CN(O)C[C@@H](CC1CCCC1)C(=O)NCc1nc(Cl)nc(CCc2cscn2)c1F. The largest absolute Gasteiger partial charge is 0.350 e. The van der Waals surface area contributed by atoms with Crippen LogP contribution in [0.4, 0.5) is 4.39 Å². The van der Waals surface area contributed by atoms with Crippen LogP contribution in [0.1, 0.15) is 49.2 Å². The Hall–Kier alpha value is -2.17. The fraction of sp³-hybridized carbons (Fsp3) is 0.550. The first kappa shape index (κ1) is 23.5. The van der Waals surface area contributed by atoms with Gasteiger partial charge in [-0.2, -0.15) is 0 Å². The van der Waals surface area contributed by atoms with Crippen molar-refractivity contribution in [2.75, 3.05) is 6.54 Å². The molecule has 1 aliphatic rings. The van der Waals surface area contributed by atoms with Gasteiger partial charge in [-0.1, -0.05) is 25.7 Å². The van der Waals surface area contributed by atoms with E-state index >= 15 is 0 Å². The highest BCUT2D eigenvalue weighted by Crippen LogP contribution is 2.30. The second kappa shape index (κ2) is 11.4. The van der Waals surface area contributed by atoms with Crippen molar-refractivity contribution in [3.05, 3.63) is 39.1 Å². The van der Waals surface area contributed by atoms with Gasteiger partial charge < -0.3 is 5.32 Å². The van der Waals surface area contributed by atoms with Crippen molar-refractivity contribution in [1.82, 2.24) is 25.3 Å². The maximum atomic E-state index is 14.9. The van der Waals surface area contributed by atoms with E-state index in [4.69, 9.17) is 11.6 Å². The summed E-state index contributed by atoms with van der Waals surface area (Å²) in [5.41, 5.74) is 2.71. The van der Waals surface area contributed by atoms with Crippen LogP contribution < -0.4 is 5.32 Å². The Morgan fingerprint density at radius 1 is 1.35 bits per heavy atom. The molecule has 0 bridgehead atoms. The Kier molecular flexibility index (Phi) is 8.68. The van der Waals surface area contributed by atoms with Gasteiger partial charge in [-0.25, -0.2) is 24.4 Å². The normalized spacial score (nSPS) is 15.1. The van der Waals surface area contributed by atoms with Crippen LogP contribution in [-0.4, -0.2) is 44.1 Å². The molecule has 0 aliphatic heterocycles. The van der Waals surface area contributed by atoms with E-state index < -0.39 is 11.7 Å². The van der Waals surface area contributed by atoms with Crippen molar-refractivity contribution in [2.45, 2.75) is 51.5 Å². The minimum atomic E-state index is -0.607. The number of thiazole rings is 1. The molecule has 0 aromatic carbocycles. The van der Waals surface area contributed by atoms with Crippen LogP contribution >= 0.6 is 22.9 Å². The number of carbonyl (C=O) groups excluding carboxylic acids is 2. The number of aryl methyl sites for hydroxylation is 2. The third-order valence-corrected chi connectivity index (χ3v) is 6.29. The Labute approximate surface area is 188 Å². The van der Waals surface area contributed by atoms with Gasteiger partial charge in [0.1, 0.15) is 5.69 Å². The predicted octanol–water partition coefficient (Wildman–Crippen LogP) is 3.17. The van der Waals surface area contributed by atoms with Gasteiger partial charge in [-0.3, -0.25) is 14.8 Å². The van der Waals surface area contributed by atoms with Crippen LogP contribution in [0.25, 0.3) is 0 Å². The standard InChI is InChI=1S/C20H25ClFN5O3S/c21-20-25-16(6-5-15-10-31-11-24-15)18(22)17(26-20)8-23-19(29)14(9-27(30)12-28)7-13-3-1-2-4-13/h10-14,30H,1-9H2,(H,23,29)/t14-/m1/s1. The summed E-state index contributed by atoms with van der Waals surface area (Å²) in [4.78, 5) is 35.6. The fourth-order valence-electron chi connectivity index (χ4n) is 3.90. The lowest BCUT2D eigenvalue weighted by Crippen LogP contribution is -2.38. The van der Waals surface area contributed by atoms with Crippen LogP contribution in [-0.2, 0) is 29.0 Å². The summed E-state index contributed by atoms with van der Waals surface area (Å²) in [6.07, 6.45) is 5.93. The molecule has 2 amide bonds. The minimum absolute atomic E-state index is 0.00233. The van der Waals surface area contributed by atoms with Crippen LogP contribution in [0, 0.1) is 17.7 Å². The van der Waals surface area contributed by atoms with Crippen LogP contribution in [0.5, 0.6) is 0 Å². The van der Waals surface area contributed by atoms with Gasteiger partial charge >= 0.3 is 0 Å². The van der Waals surface area contributed by atoms with E-state index in [0.29, 0.717) is 30.2 Å². The second-order valence-corrected chi connectivity index (χ2v) is 8.76. The Morgan fingerprint density at radius 2 is 2.10 bits per heavy atom. The zero-order valence-corrected chi connectivity index (χ0v) is 18.5. The third kappa shape index (κ3) is 6.91. The lowest BCUT2D eigenvalue weighted by Gasteiger charge is -2.22. The summed E-state index contributed by atoms with van der Waals surface area (Å²) in [5.74, 6) is -1.20. The molecule has 11 heteroatoms. The molecule has 0 unspecified atom stereocenters. The number of nitrogens with zero attached hydrogens (tertiary/aromatic N) is 4. The van der Waals surface area contributed by atoms with E-state index in [1.54, 1.807) is 5.51 Å². The van der Waals surface area contributed by atoms with Crippen molar-refractivity contribution in [3.8, 4) is 0 Å². The molecule has 2 N–H and O–H groups in total. The van der Waals surface area contributed by atoms with Gasteiger partial charge in [-0.15, -0.1) is 11.3 Å². The highest BCUT2D eigenvalue weighted by Gasteiger charge is 2.27. The van der Waals surface area contributed by atoms with Crippen LogP contribution in [0.2, 0.25) is 5.28 Å². The molecule has 8 nitrogen and oxygen atoms in total. The fourth-order valence-corrected chi connectivity index (χ4v) is 4.70. The lowest BCUT2D eigenvalue weighted by molar-refractivity contribution is -0.155. The van der Waals surface area contributed by atoms with E-state index in [9.17, 15) is 19.2 Å². The van der Waals surface area contributed by atoms with Gasteiger partial charge in [0.25, 0.3) is 0 Å². The molecule has 1 aliphatic carbocycles. The highest BCUT2D eigenvalue weighted by atomic mass is 35.5. The lowest BCUT2D eigenvalue weighted by atomic mass is 9.92. The number of rotatable bonds is 11. The molecule has 0 radical (unpaired) electrons. The molecule has 0 saturated heterocycles. The zero-order valence-electron chi connectivity index (χ0n) is 17.0. The van der Waals surface area contributed by atoms with E-state index in [-0.39, 0.29) is 42.1 Å². The molecule has 1 atom stereocenters. The van der Waals surface area contributed by atoms with Gasteiger partial charge in [0.2, 0.25) is 17.6 Å². The predicted molar refractivity (Wildman–Crippen MR) is 113 cm³/mol. The molecule has 1 fully saturated rings. The maximum absolute atomic E-state index is 14.9. The number of halogens is 2. The monoisotopic (exact) mass is 469 g/mol. The van der Waals surface area contributed by atoms with Gasteiger partial charge in [0, 0.05) is 5.38 Å². The van der Waals surface area contributed by atoms with Crippen molar-refractivity contribution in [3.63, 3.8) is 0 Å². The summed E-state index contributed by atoms with van der Waals surface area (Å²) < 4.78 is 14.9. The molecule has 2 aromatic heterocycles. The van der Waals surface area contributed by atoms with Gasteiger partial charge in [0.15, 0.2) is 5.82 Å². The van der Waals surface area contributed by atoms with Crippen molar-refractivity contribution in [2.24, 2.45) is 11.8 Å². The van der Waals surface area contributed by atoms with E-state index in [1.165, 1.54) is 11.3 Å². The van der Waals surface area contributed by atoms with Crippen LogP contribution in [0.3, 0.4) is 0 Å². The van der Waals surface area contributed by atoms with Crippen LogP contribution in [0.15, 0.2) is 10.9 Å². The first-order valence-corrected chi connectivity index (χ1v) is 11.5. The number of aromatic nitrogens is 3. The zero-order chi connectivity index (χ0) is 22.2. The summed E-state index contributed by atoms with van der Waals surface area (Å²) in [6, 6.07) is 0. The van der Waals surface area contributed by atoms with Gasteiger partial charge in [-0.05, 0) is 36.8 Å². The van der Waals surface area contributed by atoms with Gasteiger partial charge in [0.05, 0.1) is 35.9 Å². The summed E-state index contributed by atoms with van der Waals surface area (Å²) >= 11 is 7.43. The number of hydrogen-bond donors (Lipinski definition) is 2. The Bertz CT molecular complexity index is 880. The van der Waals surface area contributed by atoms with E-state index in [0.717, 1.165) is 31.4 Å². The maximum Gasteiger partial charge on any atom is 0.233 e. The minimum Gasteiger partial charge on any atom is -0.350 e. The Morgan fingerprint density at radius 3 is 2.77 bits per heavy atom. The van der Waals surface area contributed by atoms with E-state index in [1.807, 2.05) is 5.38 Å². The first-order chi connectivity index (χ1) is 15.0. The number of carbonyl (C=O) groups is 2. The molecular weight excluding hydrogens is 445 g/mol. The number of hydrogen-bond acceptors (Lipinski definition) is 7. The number of nitrogens with one attached hydrogen (secondary N) is 1. The molecule has 0 spiro atoms. The first-order valence-electron chi connectivity index (χ1n) is 10.2. The third-order valence-electron chi connectivity index (χ3n) is 5.49. The summed E-state index contributed by atoms with van der Waals surface area (Å²) in [6.45, 7) is -0.276. The molecule has 2 aromatic rings. The molecule has 31 heavy (non-hydrogen) atoms. The quantitative estimate of drug-likeness (QED) is 0.226. The number of hydroxylamine groups is 2. The van der Waals surface area contributed by atoms with E-state index in [2.05, 4.69) is 20.3 Å². The second-order valence-electron chi connectivity index (χ2n) is 7.71. The molecule has 3 rings (SSSR count). The smallest absolute Gasteiger partial charge is 0.233 e. The molecular formula is C20H25ClFN5O3S. The average Bonchev–Trinajstić information content (AvgIpc) is 3.46. The Balaban J connectivity index is 1.64. The molecule has 2 heterocycles. The average molecular weight is 470 g/mol. The van der Waals surface area contributed by atoms with Crippen molar-refractivity contribution in [1.29, 1.82) is 0 Å². The summed E-state index contributed by atoms with van der Waals surface area (Å²) in [5, 5.41) is 14.5. The topological polar surface area (TPSA) is 108 Å². The highest BCUT2D eigenvalue weighted by molar-refractivity contribution is 7.07. The van der Waals surface area contributed by atoms with Crippen molar-refractivity contribution >= 4 is 35.3 Å². The molecule has 168 valence electrons. The summed E-state index contributed by atoms with van der Waals surface area (Å²) in [7, 11) is 0. The van der Waals surface area contributed by atoms with Crippen molar-refractivity contribution < 1.29 is 19.2 Å². The molecule has 1 saturated carbocycles.